The molecule has 0 amide bonds. The van der Waals surface area contributed by atoms with Crippen LogP contribution in [0.25, 0.3) is 0 Å². The van der Waals surface area contributed by atoms with Gasteiger partial charge in [0.1, 0.15) is 12.1 Å². The molecule has 2 heterocycles. The largest absolute Gasteiger partial charge is 0.487 e. The van der Waals surface area contributed by atoms with Gasteiger partial charge >= 0.3 is 0 Å². The highest BCUT2D eigenvalue weighted by Crippen LogP contribution is 2.31. The minimum Gasteiger partial charge on any atom is -0.487 e. The van der Waals surface area contributed by atoms with Crippen LogP contribution < -0.4 is 9.64 Å². The van der Waals surface area contributed by atoms with Gasteiger partial charge in [0.15, 0.2) is 11.6 Å². The molecular weight excluding hydrogens is 319 g/mol. The summed E-state index contributed by atoms with van der Waals surface area (Å²) in [4.78, 5) is 13.1. The van der Waals surface area contributed by atoms with Crippen molar-refractivity contribution >= 4 is 5.82 Å². The molecule has 0 saturated heterocycles. The van der Waals surface area contributed by atoms with Gasteiger partial charge in [-0.1, -0.05) is 12.1 Å². The molecular formula is C19H23FN4O. The van der Waals surface area contributed by atoms with Gasteiger partial charge in [-0.15, -0.1) is 0 Å². The third-order valence-electron chi connectivity index (χ3n) is 4.74. The van der Waals surface area contributed by atoms with Gasteiger partial charge in [0.25, 0.3) is 0 Å². The topological polar surface area (TPSA) is 41.5 Å². The lowest BCUT2D eigenvalue weighted by Gasteiger charge is -2.30. The van der Waals surface area contributed by atoms with Crippen LogP contribution >= 0.6 is 0 Å². The van der Waals surface area contributed by atoms with Crippen molar-refractivity contribution in [3.8, 4) is 5.75 Å². The molecule has 0 N–H and O–H groups in total. The van der Waals surface area contributed by atoms with Gasteiger partial charge in [0, 0.05) is 51.3 Å². The molecule has 5 nitrogen and oxygen atoms in total. The fourth-order valence-electron chi connectivity index (χ4n) is 3.28. The maximum atomic E-state index is 14.7. The summed E-state index contributed by atoms with van der Waals surface area (Å²) in [7, 11) is 3.97. The molecule has 4 rings (SSSR count). The summed E-state index contributed by atoms with van der Waals surface area (Å²) in [6, 6.07) is 5.45. The average Bonchev–Trinajstić information content (AvgIpc) is 3.42. The Balaban J connectivity index is 1.53. The van der Waals surface area contributed by atoms with Crippen LogP contribution in [0.5, 0.6) is 5.75 Å². The van der Waals surface area contributed by atoms with Gasteiger partial charge in [0.2, 0.25) is 0 Å². The van der Waals surface area contributed by atoms with Crippen molar-refractivity contribution in [3.63, 3.8) is 0 Å². The lowest BCUT2D eigenvalue weighted by molar-refractivity contribution is 0.236. The average molecular weight is 342 g/mol. The van der Waals surface area contributed by atoms with Crippen molar-refractivity contribution in [3.05, 3.63) is 47.2 Å². The zero-order valence-corrected chi connectivity index (χ0v) is 14.7. The van der Waals surface area contributed by atoms with Crippen LogP contribution in [0.4, 0.5) is 10.2 Å². The Morgan fingerprint density at radius 2 is 2.12 bits per heavy atom. The van der Waals surface area contributed by atoms with Crippen LogP contribution in [0.1, 0.15) is 29.7 Å². The maximum Gasteiger partial charge on any atom is 0.169 e. The maximum absolute atomic E-state index is 14.7. The van der Waals surface area contributed by atoms with Crippen molar-refractivity contribution in [1.82, 2.24) is 14.9 Å². The van der Waals surface area contributed by atoms with E-state index in [1.165, 1.54) is 0 Å². The Labute approximate surface area is 147 Å². The van der Waals surface area contributed by atoms with Gasteiger partial charge in [-0.3, -0.25) is 4.90 Å². The number of aromatic nitrogens is 2. The molecule has 1 aromatic carbocycles. The first-order valence-electron chi connectivity index (χ1n) is 8.78. The molecule has 1 saturated carbocycles. The van der Waals surface area contributed by atoms with E-state index in [9.17, 15) is 4.39 Å². The molecule has 1 aromatic heterocycles. The molecule has 1 aliphatic heterocycles. The van der Waals surface area contributed by atoms with Crippen LogP contribution in [0, 0.1) is 5.82 Å². The lowest BCUT2D eigenvalue weighted by Crippen LogP contribution is -2.32. The number of hydrogen-bond acceptors (Lipinski definition) is 5. The van der Waals surface area contributed by atoms with Crippen molar-refractivity contribution in [2.75, 3.05) is 25.5 Å². The SMILES string of the molecule is CN(C)c1ncnc2c1CN(Cc1cccc(OC3CC3)c1F)CC2. The minimum atomic E-state index is -0.225. The number of ether oxygens (including phenoxy) is 1. The smallest absolute Gasteiger partial charge is 0.169 e. The van der Waals surface area contributed by atoms with Gasteiger partial charge in [-0.05, 0) is 18.9 Å². The molecule has 2 aliphatic rings. The molecule has 0 atom stereocenters. The molecule has 0 bridgehead atoms. The van der Waals surface area contributed by atoms with E-state index < -0.39 is 0 Å². The van der Waals surface area contributed by atoms with E-state index in [0.29, 0.717) is 17.9 Å². The van der Waals surface area contributed by atoms with Crippen molar-refractivity contribution in [2.45, 2.75) is 38.5 Å². The Hall–Kier alpha value is -2.21. The fourth-order valence-corrected chi connectivity index (χ4v) is 3.28. The van der Waals surface area contributed by atoms with E-state index in [1.54, 1.807) is 12.4 Å². The van der Waals surface area contributed by atoms with Crippen molar-refractivity contribution in [1.29, 1.82) is 0 Å². The van der Waals surface area contributed by atoms with Crippen LogP contribution in [-0.2, 0) is 19.5 Å². The third-order valence-corrected chi connectivity index (χ3v) is 4.74. The summed E-state index contributed by atoms with van der Waals surface area (Å²) < 4.78 is 20.4. The summed E-state index contributed by atoms with van der Waals surface area (Å²) >= 11 is 0. The second-order valence-electron chi connectivity index (χ2n) is 7.02. The molecule has 25 heavy (non-hydrogen) atoms. The quantitative estimate of drug-likeness (QED) is 0.836. The summed E-state index contributed by atoms with van der Waals surface area (Å²) in [5.74, 6) is 1.10. The van der Waals surface area contributed by atoms with Gasteiger partial charge < -0.3 is 9.64 Å². The Morgan fingerprint density at radius 1 is 1.28 bits per heavy atom. The van der Waals surface area contributed by atoms with Crippen LogP contribution in [0.2, 0.25) is 0 Å². The highest BCUT2D eigenvalue weighted by molar-refractivity contribution is 5.48. The molecule has 6 heteroatoms. The molecule has 0 radical (unpaired) electrons. The predicted octanol–water partition coefficient (Wildman–Crippen LogP) is 2.78. The summed E-state index contributed by atoms with van der Waals surface area (Å²) in [6.07, 6.45) is 4.74. The normalized spacial score (nSPS) is 17.2. The minimum absolute atomic E-state index is 0.200. The Bertz CT molecular complexity index is 776. The van der Waals surface area contributed by atoms with E-state index in [-0.39, 0.29) is 11.9 Å². The van der Waals surface area contributed by atoms with E-state index in [0.717, 1.165) is 49.4 Å². The van der Waals surface area contributed by atoms with E-state index in [4.69, 9.17) is 4.74 Å². The standard InChI is InChI=1S/C19H23FN4O/c1-23(2)19-15-11-24(9-8-16(15)21-12-22-19)10-13-4-3-5-17(18(13)20)25-14-6-7-14/h3-5,12,14H,6-11H2,1-2H3. The van der Waals surface area contributed by atoms with Crippen molar-refractivity contribution in [2.24, 2.45) is 0 Å². The zero-order valence-electron chi connectivity index (χ0n) is 14.7. The second-order valence-corrected chi connectivity index (χ2v) is 7.02. The number of halogens is 1. The van der Waals surface area contributed by atoms with Crippen LogP contribution in [0.3, 0.4) is 0 Å². The highest BCUT2D eigenvalue weighted by Gasteiger charge is 2.26. The summed E-state index contributed by atoms with van der Waals surface area (Å²) in [6.45, 7) is 2.16. The van der Waals surface area contributed by atoms with E-state index >= 15 is 0 Å². The Kier molecular flexibility index (Phi) is 4.29. The van der Waals surface area contributed by atoms with Gasteiger partial charge in [-0.25, -0.2) is 14.4 Å². The number of fused-ring (bicyclic) bond motifs is 1. The fraction of sp³-hybridized carbons (Fsp3) is 0.474. The van der Waals surface area contributed by atoms with Crippen LogP contribution in [-0.4, -0.2) is 41.6 Å². The monoisotopic (exact) mass is 342 g/mol. The molecule has 2 aromatic rings. The predicted molar refractivity (Wildman–Crippen MR) is 94.2 cm³/mol. The molecule has 132 valence electrons. The summed E-state index contributed by atoms with van der Waals surface area (Å²) in [5.41, 5.74) is 2.93. The molecule has 0 unspecified atom stereocenters. The third kappa shape index (κ3) is 3.44. The molecule has 1 aliphatic carbocycles. The van der Waals surface area contributed by atoms with Crippen LogP contribution in [0.15, 0.2) is 24.5 Å². The number of rotatable bonds is 5. The first-order chi connectivity index (χ1) is 12.1. The number of hydrogen-bond donors (Lipinski definition) is 0. The van der Waals surface area contributed by atoms with E-state index in [2.05, 4.69) is 14.9 Å². The van der Waals surface area contributed by atoms with Gasteiger partial charge in [0.05, 0.1) is 11.8 Å². The first kappa shape index (κ1) is 16.3. The van der Waals surface area contributed by atoms with Gasteiger partial charge in [-0.2, -0.15) is 0 Å². The summed E-state index contributed by atoms with van der Waals surface area (Å²) in [5, 5.41) is 0. The first-order valence-corrected chi connectivity index (χ1v) is 8.78. The Morgan fingerprint density at radius 3 is 2.88 bits per heavy atom. The van der Waals surface area contributed by atoms with Crippen molar-refractivity contribution < 1.29 is 9.13 Å². The van der Waals surface area contributed by atoms with E-state index in [1.807, 2.05) is 31.1 Å². The number of benzene rings is 1. The second kappa shape index (κ2) is 6.59. The molecule has 1 fully saturated rings. The number of nitrogens with zero attached hydrogens (tertiary/aromatic N) is 4. The highest BCUT2D eigenvalue weighted by atomic mass is 19.1. The number of anilines is 1. The zero-order chi connectivity index (χ0) is 17.4. The molecule has 0 spiro atoms. The lowest BCUT2D eigenvalue weighted by atomic mass is 10.0.